The van der Waals surface area contributed by atoms with Crippen LogP contribution in [0.25, 0.3) is 21.8 Å². The first kappa shape index (κ1) is 17.2. The molecule has 0 spiro atoms. The second-order valence-corrected chi connectivity index (χ2v) is 8.62. The molecule has 0 N–H and O–H groups in total. The Hall–Kier alpha value is -1.89. The van der Waals surface area contributed by atoms with Gasteiger partial charge in [0.1, 0.15) is 6.73 Å². The summed E-state index contributed by atoms with van der Waals surface area (Å²) in [7, 11) is 0. The van der Waals surface area contributed by atoms with Crippen molar-refractivity contribution in [2.24, 2.45) is 0 Å². The van der Waals surface area contributed by atoms with Crippen molar-refractivity contribution in [2.75, 3.05) is 18.2 Å². The fourth-order valence-electron chi connectivity index (χ4n) is 3.83. The molecule has 1 fully saturated rings. The molecule has 2 aromatic heterocycles. The fraction of sp³-hybridized carbons (Fsp3) is 0.190. The van der Waals surface area contributed by atoms with Crippen LogP contribution in [0.15, 0.2) is 69.9 Å². The molecule has 1 aliphatic rings. The Morgan fingerprint density at radius 1 is 1.00 bits per heavy atom. The van der Waals surface area contributed by atoms with Crippen LogP contribution in [0.2, 0.25) is 0 Å². The third-order valence-corrected chi connectivity index (χ3v) is 6.06. The van der Waals surface area contributed by atoms with Crippen LogP contribution < -0.4 is 4.90 Å². The SMILES string of the molecule is Brc1ccc2c(c1)c1cc(Br)ccc1n2CC1CN(c2cccnc2)CO1. The van der Waals surface area contributed by atoms with Crippen molar-refractivity contribution in [2.45, 2.75) is 12.6 Å². The number of nitrogens with zero attached hydrogens (tertiary/aromatic N) is 3. The molecule has 0 amide bonds. The van der Waals surface area contributed by atoms with Gasteiger partial charge in [-0.2, -0.15) is 0 Å². The van der Waals surface area contributed by atoms with Gasteiger partial charge in [-0.25, -0.2) is 0 Å². The van der Waals surface area contributed by atoms with Crippen molar-refractivity contribution >= 4 is 59.4 Å². The molecule has 0 bridgehead atoms. The van der Waals surface area contributed by atoms with E-state index >= 15 is 0 Å². The van der Waals surface area contributed by atoms with Crippen LogP contribution >= 0.6 is 31.9 Å². The second-order valence-electron chi connectivity index (χ2n) is 6.78. The molecule has 4 aromatic rings. The third-order valence-electron chi connectivity index (χ3n) is 5.08. The summed E-state index contributed by atoms with van der Waals surface area (Å²) in [6.07, 6.45) is 3.82. The number of ether oxygens (including phenoxy) is 1. The Labute approximate surface area is 174 Å². The first-order valence-electron chi connectivity index (χ1n) is 8.82. The van der Waals surface area contributed by atoms with Crippen LogP contribution in [0.4, 0.5) is 5.69 Å². The van der Waals surface area contributed by atoms with Gasteiger partial charge in [-0.3, -0.25) is 4.98 Å². The van der Waals surface area contributed by atoms with Gasteiger partial charge in [-0.1, -0.05) is 31.9 Å². The Bertz CT molecular complexity index is 1070. The maximum Gasteiger partial charge on any atom is 0.119 e. The van der Waals surface area contributed by atoms with Gasteiger partial charge in [0.2, 0.25) is 0 Å². The van der Waals surface area contributed by atoms with E-state index in [1.54, 1.807) is 6.20 Å². The van der Waals surface area contributed by atoms with Crippen LogP contribution in [-0.4, -0.2) is 28.9 Å². The molecule has 27 heavy (non-hydrogen) atoms. The lowest BCUT2D eigenvalue weighted by atomic mass is 10.2. The molecule has 0 radical (unpaired) electrons. The molecule has 0 aliphatic carbocycles. The summed E-state index contributed by atoms with van der Waals surface area (Å²) in [5.41, 5.74) is 3.57. The molecular weight excluding hydrogens is 470 g/mol. The smallest absolute Gasteiger partial charge is 0.119 e. The first-order valence-corrected chi connectivity index (χ1v) is 10.4. The molecule has 3 heterocycles. The number of fused-ring (bicyclic) bond motifs is 3. The largest absolute Gasteiger partial charge is 0.354 e. The third kappa shape index (κ3) is 3.16. The van der Waals surface area contributed by atoms with Gasteiger partial charge in [-0.05, 0) is 48.5 Å². The van der Waals surface area contributed by atoms with E-state index in [2.05, 4.69) is 88.8 Å². The summed E-state index contributed by atoms with van der Waals surface area (Å²) in [5, 5.41) is 2.51. The lowest BCUT2D eigenvalue weighted by Gasteiger charge is -2.16. The zero-order valence-electron chi connectivity index (χ0n) is 14.5. The Balaban J connectivity index is 1.51. The molecule has 1 unspecified atom stereocenters. The number of pyridine rings is 1. The number of benzene rings is 2. The van der Waals surface area contributed by atoms with Crippen LogP contribution in [0.1, 0.15) is 0 Å². The van der Waals surface area contributed by atoms with E-state index in [9.17, 15) is 0 Å². The van der Waals surface area contributed by atoms with Gasteiger partial charge >= 0.3 is 0 Å². The van der Waals surface area contributed by atoms with Crippen molar-refractivity contribution in [1.29, 1.82) is 0 Å². The van der Waals surface area contributed by atoms with Crippen LogP contribution in [0.3, 0.4) is 0 Å². The summed E-state index contributed by atoms with van der Waals surface area (Å²) < 4.78 is 10.7. The minimum Gasteiger partial charge on any atom is -0.354 e. The molecule has 4 nitrogen and oxygen atoms in total. The molecule has 6 heteroatoms. The second kappa shape index (κ2) is 6.93. The van der Waals surface area contributed by atoms with Crippen LogP contribution in [0.5, 0.6) is 0 Å². The number of halogens is 2. The van der Waals surface area contributed by atoms with Crippen molar-refractivity contribution < 1.29 is 4.74 Å². The molecule has 136 valence electrons. The standard InChI is InChI=1S/C21H17Br2N3O/c22-14-3-5-20-18(8-14)19-9-15(23)4-6-21(19)26(20)12-17-11-25(13-27-17)16-2-1-7-24-10-16/h1-10,17H,11-13H2. The monoisotopic (exact) mass is 485 g/mol. The highest BCUT2D eigenvalue weighted by Gasteiger charge is 2.25. The van der Waals surface area contributed by atoms with Gasteiger partial charge in [-0.15, -0.1) is 0 Å². The zero-order valence-corrected chi connectivity index (χ0v) is 17.6. The van der Waals surface area contributed by atoms with Crippen LogP contribution in [-0.2, 0) is 11.3 Å². The highest BCUT2D eigenvalue weighted by Crippen LogP contribution is 2.33. The van der Waals surface area contributed by atoms with E-state index in [4.69, 9.17) is 4.74 Å². The van der Waals surface area contributed by atoms with Gasteiger partial charge < -0.3 is 14.2 Å². The Kier molecular flexibility index (Phi) is 4.42. The first-order chi connectivity index (χ1) is 13.2. The average molecular weight is 487 g/mol. The molecule has 1 aliphatic heterocycles. The fourth-order valence-corrected chi connectivity index (χ4v) is 4.55. The van der Waals surface area contributed by atoms with E-state index < -0.39 is 0 Å². The molecule has 0 saturated carbocycles. The highest BCUT2D eigenvalue weighted by atomic mass is 79.9. The molecule has 5 rings (SSSR count). The van der Waals surface area contributed by atoms with Crippen molar-refractivity contribution in [3.05, 3.63) is 69.9 Å². The lowest BCUT2D eigenvalue weighted by molar-refractivity contribution is 0.104. The van der Waals surface area contributed by atoms with Crippen molar-refractivity contribution in [1.82, 2.24) is 9.55 Å². The maximum atomic E-state index is 6.10. The van der Waals surface area contributed by atoms with E-state index in [0.717, 1.165) is 27.7 Å². The molecule has 2 aromatic carbocycles. The normalized spacial score (nSPS) is 17.3. The van der Waals surface area contributed by atoms with E-state index in [0.29, 0.717) is 6.73 Å². The summed E-state index contributed by atoms with van der Waals surface area (Å²) in [6, 6.07) is 17.0. The predicted molar refractivity (Wildman–Crippen MR) is 116 cm³/mol. The van der Waals surface area contributed by atoms with E-state index in [-0.39, 0.29) is 6.10 Å². The highest BCUT2D eigenvalue weighted by molar-refractivity contribution is 9.10. The van der Waals surface area contributed by atoms with Crippen molar-refractivity contribution in [3.8, 4) is 0 Å². The van der Waals surface area contributed by atoms with E-state index in [1.165, 1.54) is 21.8 Å². The zero-order chi connectivity index (χ0) is 18.4. The van der Waals surface area contributed by atoms with Gasteiger partial charge in [0.05, 0.1) is 24.5 Å². The summed E-state index contributed by atoms with van der Waals surface area (Å²) in [6.45, 7) is 2.28. The molecule has 1 atom stereocenters. The predicted octanol–water partition coefficient (Wildman–Crippen LogP) is 5.58. The van der Waals surface area contributed by atoms with Crippen LogP contribution in [0, 0.1) is 0 Å². The number of rotatable bonds is 3. The average Bonchev–Trinajstić information content (AvgIpc) is 3.26. The Morgan fingerprint density at radius 3 is 2.33 bits per heavy atom. The lowest BCUT2D eigenvalue weighted by Crippen LogP contribution is -2.24. The van der Waals surface area contributed by atoms with Crippen molar-refractivity contribution in [3.63, 3.8) is 0 Å². The van der Waals surface area contributed by atoms with E-state index in [1.807, 2.05) is 12.3 Å². The van der Waals surface area contributed by atoms with Gasteiger partial charge in [0.15, 0.2) is 0 Å². The minimum absolute atomic E-state index is 0.135. The number of anilines is 1. The summed E-state index contributed by atoms with van der Waals surface area (Å²) in [5.74, 6) is 0. The quantitative estimate of drug-likeness (QED) is 0.378. The summed E-state index contributed by atoms with van der Waals surface area (Å²) in [4.78, 5) is 6.45. The van der Waals surface area contributed by atoms with Gasteiger partial charge in [0, 0.05) is 43.5 Å². The number of hydrogen-bond donors (Lipinski definition) is 0. The van der Waals surface area contributed by atoms with Gasteiger partial charge in [0.25, 0.3) is 0 Å². The molecule has 1 saturated heterocycles. The Morgan fingerprint density at radius 2 is 1.70 bits per heavy atom. The minimum atomic E-state index is 0.135. The summed E-state index contributed by atoms with van der Waals surface area (Å²) >= 11 is 7.22. The maximum absolute atomic E-state index is 6.10. The topological polar surface area (TPSA) is 30.3 Å². The molecular formula is C21H17Br2N3O. The number of aromatic nitrogens is 2. The number of hydrogen-bond acceptors (Lipinski definition) is 3.